The van der Waals surface area contributed by atoms with Crippen LogP contribution in [0, 0.1) is 11.8 Å². The summed E-state index contributed by atoms with van der Waals surface area (Å²) in [6.07, 6.45) is 2.44. The molecule has 0 aromatic rings. The van der Waals surface area contributed by atoms with Crippen molar-refractivity contribution in [3.63, 3.8) is 0 Å². The van der Waals surface area contributed by atoms with Gasteiger partial charge in [0.15, 0.2) is 0 Å². The summed E-state index contributed by atoms with van der Waals surface area (Å²) >= 11 is 0. The van der Waals surface area contributed by atoms with Gasteiger partial charge in [-0.1, -0.05) is 27.7 Å². The molecule has 3 heteroatoms. The van der Waals surface area contributed by atoms with Gasteiger partial charge in [0.2, 0.25) is 8.32 Å². The lowest BCUT2D eigenvalue weighted by Crippen LogP contribution is -2.51. The number of hydrogen-bond donors (Lipinski definition) is 0. The van der Waals surface area contributed by atoms with Gasteiger partial charge in [-0.25, -0.2) is 0 Å². The Morgan fingerprint density at radius 3 is 2.06 bits per heavy atom. The molecule has 1 aliphatic rings. The van der Waals surface area contributed by atoms with E-state index in [0.29, 0.717) is 5.73 Å². The molecule has 0 aromatic heterocycles. The van der Waals surface area contributed by atoms with Crippen LogP contribution in [0.4, 0.5) is 0 Å². The molecule has 2 nitrogen and oxygen atoms in total. The van der Waals surface area contributed by atoms with Crippen LogP contribution in [0.3, 0.4) is 0 Å². The van der Waals surface area contributed by atoms with Crippen LogP contribution in [0.25, 0.3) is 0 Å². The van der Waals surface area contributed by atoms with Crippen LogP contribution in [-0.2, 0) is 9.16 Å². The Hall–Kier alpha value is 0.137. The monoisotopic (exact) mass is 244 g/mol. The van der Waals surface area contributed by atoms with Gasteiger partial charge in [0.1, 0.15) is 0 Å². The zero-order chi connectivity index (χ0) is 12.2. The molecule has 0 aromatic carbocycles. The van der Waals surface area contributed by atoms with Crippen LogP contribution in [0.5, 0.6) is 0 Å². The summed E-state index contributed by atoms with van der Waals surface area (Å²) in [6.45, 7) is 10.1. The van der Waals surface area contributed by atoms with Crippen molar-refractivity contribution >= 4 is 8.32 Å². The lowest BCUT2D eigenvalue weighted by Gasteiger charge is -2.37. The van der Waals surface area contributed by atoms with Crippen molar-refractivity contribution in [2.75, 3.05) is 13.7 Å². The van der Waals surface area contributed by atoms with Gasteiger partial charge >= 0.3 is 0 Å². The van der Waals surface area contributed by atoms with Gasteiger partial charge in [-0.2, -0.15) is 0 Å². The third-order valence-corrected chi connectivity index (χ3v) is 8.89. The van der Waals surface area contributed by atoms with E-state index in [9.17, 15) is 0 Å². The molecule has 1 atom stereocenters. The van der Waals surface area contributed by atoms with Crippen molar-refractivity contribution in [2.24, 2.45) is 11.8 Å². The second kappa shape index (κ2) is 6.17. The van der Waals surface area contributed by atoms with Crippen LogP contribution in [0.2, 0.25) is 12.1 Å². The average molecular weight is 244 g/mol. The summed E-state index contributed by atoms with van der Waals surface area (Å²) in [5.41, 5.74) is 0.447. The van der Waals surface area contributed by atoms with Crippen molar-refractivity contribution in [2.45, 2.75) is 58.4 Å². The Labute approximate surface area is 102 Å². The molecule has 0 radical (unpaired) electrons. The highest BCUT2D eigenvalue weighted by molar-refractivity contribution is 6.75. The van der Waals surface area contributed by atoms with E-state index in [2.05, 4.69) is 27.7 Å². The van der Waals surface area contributed by atoms with Crippen LogP contribution in [-0.4, -0.2) is 27.8 Å². The fourth-order valence-electron chi connectivity index (χ4n) is 3.02. The van der Waals surface area contributed by atoms with Crippen LogP contribution in [0.15, 0.2) is 0 Å². The molecule has 0 saturated carbocycles. The molecule has 1 rings (SSSR count). The highest BCUT2D eigenvalue weighted by Gasteiger charge is 2.45. The molecule has 96 valence electrons. The van der Waals surface area contributed by atoms with Gasteiger partial charge in [-0.05, 0) is 36.8 Å². The normalized spacial score (nSPS) is 22.3. The summed E-state index contributed by atoms with van der Waals surface area (Å²) in [7, 11) is 0.231. The Balaban J connectivity index is 2.77. The Morgan fingerprint density at radius 1 is 1.19 bits per heavy atom. The third-order valence-electron chi connectivity index (χ3n) is 3.43. The van der Waals surface area contributed by atoms with Gasteiger partial charge < -0.3 is 9.16 Å². The van der Waals surface area contributed by atoms with Gasteiger partial charge in [0, 0.05) is 13.7 Å². The molecule has 0 aliphatic carbocycles. The molecule has 0 amide bonds. The predicted molar refractivity (Wildman–Crippen MR) is 71.0 cm³/mol. The first-order chi connectivity index (χ1) is 7.50. The second-order valence-electron chi connectivity index (χ2n) is 5.97. The number of rotatable bonds is 6. The highest BCUT2D eigenvalue weighted by atomic mass is 28.4. The maximum absolute atomic E-state index is 6.06. The van der Waals surface area contributed by atoms with E-state index in [1.165, 1.54) is 24.9 Å². The Kier molecular flexibility index (Phi) is 5.48. The highest BCUT2D eigenvalue weighted by Crippen LogP contribution is 2.34. The van der Waals surface area contributed by atoms with E-state index in [4.69, 9.17) is 9.16 Å². The van der Waals surface area contributed by atoms with Crippen LogP contribution >= 0.6 is 0 Å². The summed E-state index contributed by atoms with van der Waals surface area (Å²) in [6, 6.07) is 2.48. The third kappa shape index (κ3) is 3.57. The van der Waals surface area contributed by atoms with Gasteiger partial charge in [0.05, 0.1) is 5.73 Å². The van der Waals surface area contributed by atoms with Crippen molar-refractivity contribution in [3.05, 3.63) is 0 Å². The molecular weight excluding hydrogens is 216 g/mol. The zero-order valence-corrected chi connectivity index (χ0v) is 12.6. The summed E-state index contributed by atoms with van der Waals surface area (Å²) in [4.78, 5) is 0. The molecule has 0 N–H and O–H groups in total. The second-order valence-corrected chi connectivity index (χ2v) is 9.96. The molecular formula is C13H28O2Si. The van der Waals surface area contributed by atoms with Crippen molar-refractivity contribution in [1.29, 1.82) is 0 Å². The van der Waals surface area contributed by atoms with Crippen molar-refractivity contribution < 1.29 is 9.16 Å². The number of hydrogen-bond acceptors (Lipinski definition) is 2. The topological polar surface area (TPSA) is 18.5 Å². The molecule has 16 heavy (non-hydrogen) atoms. The molecule has 1 saturated heterocycles. The average Bonchev–Trinajstić information content (AvgIpc) is 2.68. The van der Waals surface area contributed by atoms with E-state index in [1.54, 1.807) is 0 Å². The van der Waals surface area contributed by atoms with E-state index in [1.807, 2.05) is 7.11 Å². The standard InChI is InChI=1S/C13H28O2Si/c1-11(2)9-16(14-5,10-12(3)4)13-7-6-8-15-13/h11-13H,6-10H2,1-5H3. The lowest BCUT2D eigenvalue weighted by atomic mass is 10.3. The van der Waals surface area contributed by atoms with Crippen LogP contribution < -0.4 is 0 Å². The molecule has 1 heterocycles. The minimum Gasteiger partial charge on any atom is -0.417 e. The van der Waals surface area contributed by atoms with Crippen molar-refractivity contribution in [1.82, 2.24) is 0 Å². The fourth-order valence-corrected chi connectivity index (χ4v) is 8.22. The predicted octanol–water partition coefficient (Wildman–Crippen LogP) is 3.61. The first-order valence-electron chi connectivity index (χ1n) is 6.67. The Morgan fingerprint density at radius 2 is 1.75 bits per heavy atom. The first kappa shape index (κ1) is 14.2. The summed E-state index contributed by atoms with van der Waals surface area (Å²) < 4.78 is 12.0. The van der Waals surface area contributed by atoms with E-state index in [-0.39, 0.29) is 0 Å². The van der Waals surface area contributed by atoms with Gasteiger partial charge in [-0.15, -0.1) is 0 Å². The number of ether oxygens (including phenoxy) is 1. The molecule has 1 aliphatic heterocycles. The quantitative estimate of drug-likeness (QED) is 0.665. The van der Waals surface area contributed by atoms with E-state index >= 15 is 0 Å². The SMILES string of the molecule is CO[Si](CC(C)C)(CC(C)C)C1CCCO1. The largest absolute Gasteiger partial charge is 0.417 e. The molecule has 1 unspecified atom stereocenters. The van der Waals surface area contributed by atoms with E-state index < -0.39 is 8.32 Å². The minimum atomic E-state index is -1.68. The van der Waals surface area contributed by atoms with E-state index in [0.717, 1.165) is 18.4 Å². The smallest absolute Gasteiger partial charge is 0.221 e. The lowest BCUT2D eigenvalue weighted by molar-refractivity contribution is 0.137. The molecule has 0 spiro atoms. The maximum atomic E-state index is 6.06. The minimum absolute atomic E-state index is 0.447. The summed E-state index contributed by atoms with van der Waals surface area (Å²) in [5, 5.41) is 0. The van der Waals surface area contributed by atoms with Gasteiger partial charge in [-0.3, -0.25) is 0 Å². The summed E-state index contributed by atoms with van der Waals surface area (Å²) in [5.74, 6) is 1.43. The molecule has 1 fully saturated rings. The molecule has 0 bridgehead atoms. The fraction of sp³-hybridized carbons (Fsp3) is 1.00. The van der Waals surface area contributed by atoms with Crippen molar-refractivity contribution in [3.8, 4) is 0 Å². The first-order valence-corrected chi connectivity index (χ1v) is 9.07. The Bertz CT molecular complexity index is 188. The zero-order valence-electron chi connectivity index (χ0n) is 11.6. The maximum Gasteiger partial charge on any atom is 0.221 e. The van der Waals surface area contributed by atoms with Gasteiger partial charge in [0.25, 0.3) is 0 Å². The van der Waals surface area contributed by atoms with Crippen LogP contribution in [0.1, 0.15) is 40.5 Å².